The van der Waals surface area contributed by atoms with Gasteiger partial charge in [0.2, 0.25) is 5.95 Å². The summed E-state index contributed by atoms with van der Waals surface area (Å²) in [6.07, 6.45) is 7.46. The van der Waals surface area contributed by atoms with Crippen molar-refractivity contribution >= 4 is 11.6 Å². The molecule has 4 heterocycles. The maximum absolute atomic E-state index is 9.31. The van der Waals surface area contributed by atoms with E-state index in [1.165, 1.54) is 0 Å². The van der Waals surface area contributed by atoms with Crippen molar-refractivity contribution in [1.82, 2.24) is 24.8 Å². The SMILES string of the molecule is Cc1cc(-c2c(-c3cn[nH]c3)ccn3nc(NC4CCOCC4)nc23)ccc1C#N. The first-order valence-corrected chi connectivity index (χ1v) is 9.97. The van der Waals surface area contributed by atoms with Gasteiger partial charge in [0, 0.05) is 42.8 Å². The van der Waals surface area contributed by atoms with Crippen molar-refractivity contribution in [3.05, 3.63) is 54.0 Å². The van der Waals surface area contributed by atoms with Crippen molar-refractivity contribution in [1.29, 1.82) is 5.26 Å². The monoisotopic (exact) mass is 399 g/mol. The number of nitrogens with one attached hydrogen (secondary N) is 2. The molecule has 4 aromatic rings. The Bertz CT molecular complexity index is 1230. The minimum Gasteiger partial charge on any atom is -0.381 e. The second-order valence-electron chi connectivity index (χ2n) is 7.47. The van der Waals surface area contributed by atoms with Gasteiger partial charge < -0.3 is 10.1 Å². The van der Waals surface area contributed by atoms with Crippen LogP contribution in [0.2, 0.25) is 0 Å². The minimum atomic E-state index is 0.310. The summed E-state index contributed by atoms with van der Waals surface area (Å²) in [4.78, 5) is 4.83. The highest BCUT2D eigenvalue weighted by atomic mass is 16.5. The topological polar surface area (TPSA) is 104 Å². The lowest BCUT2D eigenvalue weighted by Crippen LogP contribution is -2.28. The summed E-state index contributed by atoms with van der Waals surface area (Å²) >= 11 is 0. The molecular formula is C22H21N7O. The van der Waals surface area contributed by atoms with Crippen LogP contribution in [0.1, 0.15) is 24.0 Å². The zero-order valence-corrected chi connectivity index (χ0v) is 16.6. The fourth-order valence-corrected chi connectivity index (χ4v) is 3.90. The van der Waals surface area contributed by atoms with Crippen molar-refractivity contribution < 1.29 is 4.74 Å². The Balaban J connectivity index is 1.65. The van der Waals surface area contributed by atoms with Crippen LogP contribution in [0.15, 0.2) is 42.9 Å². The number of nitriles is 1. The van der Waals surface area contributed by atoms with Crippen LogP contribution in [0.25, 0.3) is 27.9 Å². The Labute approximate surface area is 173 Å². The van der Waals surface area contributed by atoms with Crippen molar-refractivity contribution in [2.75, 3.05) is 18.5 Å². The average Bonchev–Trinajstić information content (AvgIpc) is 3.43. The molecule has 3 aromatic heterocycles. The maximum Gasteiger partial charge on any atom is 0.243 e. The van der Waals surface area contributed by atoms with E-state index in [-0.39, 0.29) is 0 Å². The molecular weight excluding hydrogens is 378 g/mol. The lowest BCUT2D eigenvalue weighted by molar-refractivity contribution is 0.0903. The first-order valence-electron chi connectivity index (χ1n) is 9.97. The molecule has 1 saturated heterocycles. The number of hydrogen-bond donors (Lipinski definition) is 2. The number of hydrogen-bond acceptors (Lipinski definition) is 6. The summed E-state index contributed by atoms with van der Waals surface area (Å²) in [7, 11) is 0. The minimum absolute atomic E-state index is 0.310. The number of H-pyrrole nitrogens is 1. The first-order chi connectivity index (χ1) is 14.7. The smallest absolute Gasteiger partial charge is 0.243 e. The maximum atomic E-state index is 9.31. The van der Waals surface area contributed by atoms with E-state index in [1.807, 2.05) is 43.6 Å². The van der Waals surface area contributed by atoms with Gasteiger partial charge in [0.15, 0.2) is 5.65 Å². The van der Waals surface area contributed by atoms with Crippen LogP contribution in [-0.4, -0.2) is 44.1 Å². The van der Waals surface area contributed by atoms with Crippen LogP contribution in [0.3, 0.4) is 0 Å². The number of rotatable bonds is 4. The highest BCUT2D eigenvalue weighted by Gasteiger charge is 2.19. The molecule has 0 atom stereocenters. The number of aryl methyl sites for hydroxylation is 1. The van der Waals surface area contributed by atoms with E-state index < -0.39 is 0 Å². The summed E-state index contributed by atoms with van der Waals surface area (Å²) in [6.45, 7) is 3.46. The second kappa shape index (κ2) is 7.61. The molecule has 1 fully saturated rings. The van der Waals surface area contributed by atoms with Gasteiger partial charge >= 0.3 is 0 Å². The number of aromatic amines is 1. The number of anilines is 1. The van der Waals surface area contributed by atoms with Gasteiger partial charge in [-0.2, -0.15) is 15.3 Å². The molecule has 1 aromatic carbocycles. The number of ether oxygens (including phenoxy) is 1. The van der Waals surface area contributed by atoms with Gasteiger partial charge in [-0.3, -0.25) is 5.10 Å². The lowest BCUT2D eigenvalue weighted by atomic mass is 9.95. The zero-order chi connectivity index (χ0) is 20.5. The van der Waals surface area contributed by atoms with Crippen LogP contribution >= 0.6 is 0 Å². The normalized spacial score (nSPS) is 14.7. The predicted octanol–water partition coefficient (Wildman–Crippen LogP) is 3.56. The van der Waals surface area contributed by atoms with E-state index in [0.29, 0.717) is 17.6 Å². The lowest BCUT2D eigenvalue weighted by Gasteiger charge is -2.22. The Kier molecular flexibility index (Phi) is 4.65. The molecule has 5 rings (SSSR count). The first kappa shape index (κ1) is 18.3. The van der Waals surface area contributed by atoms with Crippen LogP contribution in [-0.2, 0) is 4.74 Å². The predicted molar refractivity (Wildman–Crippen MR) is 113 cm³/mol. The molecule has 8 heteroatoms. The average molecular weight is 399 g/mol. The van der Waals surface area contributed by atoms with Crippen LogP contribution in [0.5, 0.6) is 0 Å². The van der Waals surface area contributed by atoms with E-state index in [2.05, 4.69) is 26.7 Å². The van der Waals surface area contributed by atoms with E-state index in [4.69, 9.17) is 9.72 Å². The van der Waals surface area contributed by atoms with Crippen LogP contribution in [0.4, 0.5) is 5.95 Å². The summed E-state index contributed by atoms with van der Waals surface area (Å²) in [6, 6.07) is 10.4. The number of fused-ring (bicyclic) bond motifs is 1. The van der Waals surface area contributed by atoms with Gasteiger partial charge in [-0.05, 0) is 54.7 Å². The number of pyridine rings is 1. The molecule has 2 N–H and O–H groups in total. The van der Waals surface area contributed by atoms with Crippen molar-refractivity contribution in [3.63, 3.8) is 0 Å². The van der Waals surface area contributed by atoms with Crippen LogP contribution in [0, 0.1) is 18.3 Å². The molecule has 1 aliphatic heterocycles. The quantitative estimate of drug-likeness (QED) is 0.544. The fourth-order valence-electron chi connectivity index (χ4n) is 3.90. The molecule has 0 amide bonds. The molecule has 30 heavy (non-hydrogen) atoms. The van der Waals surface area contributed by atoms with Gasteiger partial charge in [-0.25, -0.2) is 4.52 Å². The molecule has 0 spiro atoms. The van der Waals surface area contributed by atoms with Crippen LogP contribution < -0.4 is 5.32 Å². The summed E-state index contributed by atoms with van der Waals surface area (Å²) in [5.41, 5.74) is 6.26. The van der Waals surface area contributed by atoms with Crippen molar-refractivity contribution in [2.45, 2.75) is 25.8 Å². The Morgan fingerprint density at radius 1 is 1.23 bits per heavy atom. The van der Waals surface area contributed by atoms with Gasteiger partial charge in [-0.1, -0.05) is 6.07 Å². The number of nitrogens with zero attached hydrogens (tertiary/aromatic N) is 5. The van der Waals surface area contributed by atoms with E-state index in [0.717, 1.165) is 59.5 Å². The molecule has 0 saturated carbocycles. The summed E-state index contributed by atoms with van der Waals surface area (Å²) in [5, 5.41) is 24.4. The van der Waals surface area contributed by atoms with E-state index >= 15 is 0 Å². The van der Waals surface area contributed by atoms with Crippen molar-refractivity contribution in [2.24, 2.45) is 0 Å². The highest BCUT2D eigenvalue weighted by Crippen LogP contribution is 2.35. The number of benzene rings is 1. The van der Waals surface area contributed by atoms with E-state index in [9.17, 15) is 5.26 Å². The molecule has 0 aliphatic carbocycles. The van der Waals surface area contributed by atoms with Gasteiger partial charge in [-0.15, -0.1) is 5.10 Å². The highest BCUT2D eigenvalue weighted by molar-refractivity contribution is 5.92. The van der Waals surface area contributed by atoms with Gasteiger partial charge in [0.25, 0.3) is 0 Å². The summed E-state index contributed by atoms with van der Waals surface area (Å²) in [5.74, 6) is 0.609. The zero-order valence-electron chi connectivity index (χ0n) is 16.6. The fraction of sp³-hybridized carbons (Fsp3) is 0.273. The molecule has 150 valence electrons. The molecule has 8 nitrogen and oxygen atoms in total. The largest absolute Gasteiger partial charge is 0.381 e. The Hall–Kier alpha value is -3.70. The third-order valence-electron chi connectivity index (χ3n) is 5.51. The third-order valence-corrected chi connectivity index (χ3v) is 5.51. The third kappa shape index (κ3) is 3.29. The Morgan fingerprint density at radius 3 is 2.83 bits per heavy atom. The second-order valence-corrected chi connectivity index (χ2v) is 7.47. The Morgan fingerprint density at radius 2 is 2.10 bits per heavy atom. The number of aromatic nitrogens is 5. The van der Waals surface area contributed by atoms with E-state index in [1.54, 1.807) is 10.7 Å². The molecule has 1 aliphatic rings. The van der Waals surface area contributed by atoms with Crippen molar-refractivity contribution in [3.8, 4) is 28.3 Å². The molecule has 0 bridgehead atoms. The van der Waals surface area contributed by atoms with Gasteiger partial charge in [0.05, 0.1) is 17.8 Å². The standard InChI is InChI=1S/C22H21N7O/c1-14-10-15(2-3-16(14)11-23)20-19(17-12-24-25-13-17)4-7-29-21(20)27-22(28-29)26-18-5-8-30-9-6-18/h2-4,7,10,12-13,18H,5-6,8-9H2,1H3,(H,24,25)(H,26,28). The molecule has 0 unspecified atom stereocenters. The summed E-state index contributed by atoms with van der Waals surface area (Å²) < 4.78 is 7.24. The molecule has 0 radical (unpaired) electrons. The van der Waals surface area contributed by atoms with Gasteiger partial charge in [0.1, 0.15) is 0 Å².